The van der Waals surface area contributed by atoms with E-state index in [1.165, 1.54) is 26.3 Å². The van der Waals surface area contributed by atoms with E-state index in [1.807, 2.05) is 0 Å². The van der Waals surface area contributed by atoms with Crippen molar-refractivity contribution in [1.82, 2.24) is 5.32 Å². The highest BCUT2D eigenvalue weighted by atomic mass is 19.1. The van der Waals surface area contributed by atoms with Crippen LogP contribution in [0, 0.1) is 17.0 Å². The van der Waals surface area contributed by atoms with E-state index >= 15 is 0 Å². The van der Waals surface area contributed by atoms with Crippen LogP contribution in [0.15, 0.2) is 27.8 Å². The van der Waals surface area contributed by atoms with Gasteiger partial charge in [-0.1, -0.05) is 13.8 Å². The number of imide groups is 1. The average molecular weight is 341 g/mol. The summed E-state index contributed by atoms with van der Waals surface area (Å²) < 4.78 is 23.1. The largest absolute Gasteiger partial charge is 0.618 e. The predicted octanol–water partition coefficient (Wildman–Crippen LogP) is -0.232. The Morgan fingerprint density at radius 1 is 1.54 bits per heavy atom. The van der Waals surface area contributed by atoms with Crippen LogP contribution in [0.3, 0.4) is 0 Å². The molecule has 1 aromatic rings. The predicted molar refractivity (Wildman–Crippen MR) is 77.3 cm³/mol. The summed E-state index contributed by atoms with van der Waals surface area (Å²) in [6, 6.07) is 1.94. The highest BCUT2D eigenvalue weighted by molar-refractivity contribution is 6.00. The van der Waals surface area contributed by atoms with Crippen molar-refractivity contribution < 1.29 is 33.0 Å². The van der Waals surface area contributed by atoms with Gasteiger partial charge in [-0.2, -0.15) is 0 Å². The molecule has 1 saturated heterocycles. The summed E-state index contributed by atoms with van der Waals surface area (Å²) in [7, 11) is 0. The van der Waals surface area contributed by atoms with Gasteiger partial charge in [0.25, 0.3) is 0 Å². The van der Waals surface area contributed by atoms with Crippen molar-refractivity contribution in [3.8, 4) is 0 Å². The number of halogens is 1. The standard InChI is InChI=1S/C14H16FN3O6/c1-7(2)10(15)24-13(20)9-11(16-6-8-4-3-5-23-8)17-14(21)18(22)12(9)19/h3-7,9-11,18H,1-2H3,(H,17,21). The number of alkyl halides is 1. The van der Waals surface area contributed by atoms with E-state index in [4.69, 9.17) is 4.42 Å². The Morgan fingerprint density at radius 2 is 2.25 bits per heavy atom. The molecule has 1 aromatic heterocycles. The zero-order valence-electron chi connectivity index (χ0n) is 12.9. The molecule has 1 aliphatic rings. The van der Waals surface area contributed by atoms with E-state index in [1.54, 1.807) is 12.1 Å². The Balaban J connectivity index is 2.22. The molecule has 2 N–H and O–H groups in total. The third kappa shape index (κ3) is 3.84. The molecule has 24 heavy (non-hydrogen) atoms. The van der Waals surface area contributed by atoms with Crippen molar-refractivity contribution >= 4 is 24.1 Å². The Hall–Kier alpha value is -2.59. The number of hydrogen-bond donors (Lipinski definition) is 2. The molecule has 4 atom stereocenters. The van der Waals surface area contributed by atoms with Gasteiger partial charge in [-0.3, -0.25) is 15.1 Å². The Labute approximate surface area is 136 Å². The number of carbonyl (C=O) groups is 3. The van der Waals surface area contributed by atoms with E-state index in [9.17, 15) is 24.0 Å². The summed E-state index contributed by atoms with van der Waals surface area (Å²) in [5.74, 6) is -4.65. The minimum absolute atomic E-state index is 0.297. The summed E-state index contributed by atoms with van der Waals surface area (Å²) in [5.41, 5.74) is 0. The summed E-state index contributed by atoms with van der Waals surface area (Å²) >= 11 is 0. The molecule has 4 unspecified atom stereocenters. The Kier molecular flexibility index (Phi) is 5.42. The fourth-order valence-corrected chi connectivity index (χ4v) is 1.88. The lowest BCUT2D eigenvalue weighted by molar-refractivity contribution is -0.678. The molecule has 0 spiro atoms. The first-order valence-corrected chi connectivity index (χ1v) is 7.11. The van der Waals surface area contributed by atoms with E-state index < -0.39 is 47.3 Å². The Morgan fingerprint density at radius 3 is 2.83 bits per heavy atom. The molecule has 9 nitrogen and oxygen atoms in total. The van der Waals surface area contributed by atoms with Gasteiger partial charge in [-0.05, 0) is 12.1 Å². The first-order chi connectivity index (χ1) is 11.3. The summed E-state index contributed by atoms with van der Waals surface area (Å²) in [6.45, 7) is 2.94. The SMILES string of the molecule is CC(C)C(F)OC(=O)C1C(=O)[NH+]([O-])C(=O)NC1N=Cc1ccco1. The number of quaternary nitrogens is 1. The molecule has 2 rings (SSSR count). The minimum atomic E-state index is -1.95. The van der Waals surface area contributed by atoms with Crippen molar-refractivity contribution in [3.63, 3.8) is 0 Å². The fraction of sp³-hybridized carbons (Fsp3) is 0.429. The smallest absolute Gasteiger partial charge is 0.424 e. The van der Waals surface area contributed by atoms with Gasteiger partial charge in [-0.25, -0.2) is 19.0 Å². The van der Waals surface area contributed by atoms with Crippen LogP contribution in [0.2, 0.25) is 0 Å². The molecule has 130 valence electrons. The van der Waals surface area contributed by atoms with Crippen LogP contribution in [-0.2, 0) is 14.3 Å². The molecule has 10 heteroatoms. The number of hydrogen-bond acceptors (Lipinski definition) is 7. The van der Waals surface area contributed by atoms with Crippen molar-refractivity contribution in [1.29, 1.82) is 0 Å². The number of nitrogens with zero attached hydrogens (tertiary/aromatic N) is 1. The number of rotatable bonds is 5. The van der Waals surface area contributed by atoms with Gasteiger partial charge < -0.3 is 14.4 Å². The number of nitrogens with one attached hydrogen (secondary N) is 2. The van der Waals surface area contributed by atoms with Gasteiger partial charge in [-0.15, -0.1) is 0 Å². The lowest BCUT2D eigenvalue weighted by Crippen LogP contribution is -3.17. The third-order valence-corrected chi connectivity index (χ3v) is 3.22. The third-order valence-electron chi connectivity index (χ3n) is 3.22. The van der Waals surface area contributed by atoms with Crippen LogP contribution in [0.5, 0.6) is 0 Å². The van der Waals surface area contributed by atoms with E-state index in [2.05, 4.69) is 15.0 Å². The van der Waals surface area contributed by atoms with Crippen LogP contribution in [0.25, 0.3) is 0 Å². The molecule has 3 amide bonds. The van der Waals surface area contributed by atoms with Crippen LogP contribution in [0.1, 0.15) is 19.6 Å². The molecule has 0 aliphatic carbocycles. The van der Waals surface area contributed by atoms with Crippen LogP contribution < -0.4 is 10.4 Å². The van der Waals surface area contributed by atoms with Crippen molar-refractivity contribution in [2.24, 2.45) is 16.8 Å². The molecule has 0 bridgehead atoms. The van der Waals surface area contributed by atoms with Crippen molar-refractivity contribution in [2.45, 2.75) is 26.4 Å². The Bertz CT molecular complexity index is 645. The lowest BCUT2D eigenvalue weighted by Gasteiger charge is -2.31. The second-order valence-corrected chi connectivity index (χ2v) is 5.41. The number of ether oxygens (including phenoxy) is 1. The van der Waals surface area contributed by atoms with Crippen LogP contribution in [0.4, 0.5) is 9.18 Å². The number of hydroxylamine groups is 2. The fourth-order valence-electron chi connectivity index (χ4n) is 1.88. The minimum Gasteiger partial charge on any atom is -0.618 e. The molecule has 0 saturated carbocycles. The molecule has 0 radical (unpaired) electrons. The van der Waals surface area contributed by atoms with E-state index in [-0.39, 0.29) is 0 Å². The van der Waals surface area contributed by atoms with Gasteiger partial charge in [0.2, 0.25) is 12.3 Å². The molecule has 0 aromatic carbocycles. The second-order valence-electron chi connectivity index (χ2n) is 5.41. The number of aliphatic imine (C=N–C) groups is 1. The number of furan rings is 1. The van der Waals surface area contributed by atoms with Crippen molar-refractivity contribution in [2.75, 3.05) is 0 Å². The highest BCUT2D eigenvalue weighted by Gasteiger charge is 2.48. The first kappa shape index (κ1) is 17.8. The molecule has 1 aliphatic heterocycles. The van der Waals surface area contributed by atoms with Crippen molar-refractivity contribution in [3.05, 3.63) is 29.4 Å². The van der Waals surface area contributed by atoms with E-state index in [0.29, 0.717) is 5.76 Å². The monoisotopic (exact) mass is 341 g/mol. The normalized spacial score (nSPS) is 25.8. The second kappa shape index (κ2) is 7.32. The van der Waals surface area contributed by atoms with Crippen LogP contribution in [-0.4, -0.2) is 36.6 Å². The number of amides is 3. The molecular formula is C14H16FN3O6. The molecule has 1 fully saturated rings. The first-order valence-electron chi connectivity index (χ1n) is 7.11. The van der Waals surface area contributed by atoms with Gasteiger partial charge in [0, 0.05) is 5.92 Å². The van der Waals surface area contributed by atoms with Gasteiger partial charge in [0.05, 0.1) is 12.5 Å². The summed E-state index contributed by atoms with van der Waals surface area (Å²) in [4.78, 5) is 39.4. The van der Waals surface area contributed by atoms with Gasteiger partial charge in [0.15, 0.2) is 6.17 Å². The van der Waals surface area contributed by atoms with Gasteiger partial charge >= 0.3 is 17.9 Å². The zero-order chi connectivity index (χ0) is 17.9. The highest BCUT2D eigenvalue weighted by Crippen LogP contribution is 2.16. The lowest BCUT2D eigenvalue weighted by atomic mass is 10.0. The van der Waals surface area contributed by atoms with Crippen LogP contribution >= 0.6 is 0 Å². The zero-order valence-corrected chi connectivity index (χ0v) is 12.9. The van der Waals surface area contributed by atoms with E-state index in [0.717, 1.165) is 0 Å². The average Bonchev–Trinajstić information content (AvgIpc) is 3.03. The number of urea groups is 1. The number of esters is 1. The molecule has 2 heterocycles. The van der Waals surface area contributed by atoms with Gasteiger partial charge in [0.1, 0.15) is 5.76 Å². The topological polar surface area (TPSA) is 125 Å². The molecular weight excluding hydrogens is 325 g/mol. The summed E-state index contributed by atoms with van der Waals surface area (Å²) in [6.07, 6.45) is -0.797. The maximum absolute atomic E-state index is 13.6. The summed E-state index contributed by atoms with van der Waals surface area (Å²) in [5, 5.41) is 12.2. The maximum Gasteiger partial charge on any atom is 0.424 e. The number of carbonyl (C=O) groups excluding carboxylic acids is 3. The quantitative estimate of drug-likeness (QED) is 0.330. The maximum atomic E-state index is 13.6.